The van der Waals surface area contributed by atoms with Crippen molar-refractivity contribution in [2.24, 2.45) is 5.41 Å². The van der Waals surface area contributed by atoms with Crippen molar-refractivity contribution < 1.29 is 35.5 Å². The molecule has 0 atom stereocenters. The van der Waals surface area contributed by atoms with Crippen LogP contribution in [-0.4, -0.2) is 39.1 Å². The SMILES string of the molecule is CN(C(=O)Cc1c(N2CC3(CNC3)C2)cc(C(F)(F)F)cc1C(F)(F)F)c1ccc(F)cc1. The van der Waals surface area contributed by atoms with Crippen molar-refractivity contribution in [3.63, 3.8) is 0 Å². The fraction of sp³-hybridized carbons (Fsp3) is 0.409. The summed E-state index contributed by atoms with van der Waals surface area (Å²) in [5, 5.41) is 3.06. The molecule has 0 saturated carbocycles. The number of benzene rings is 2. The number of carbonyl (C=O) groups is 1. The topological polar surface area (TPSA) is 35.6 Å². The van der Waals surface area contributed by atoms with Crippen LogP contribution in [0.25, 0.3) is 0 Å². The highest BCUT2D eigenvalue weighted by molar-refractivity contribution is 5.95. The van der Waals surface area contributed by atoms with Gasteiger partial charge in [-0.3, -0.25) is 4.79 Å². The molecular weight excluding hydrogens is 455 g/mol. The Bertz CT molecular complexity index is 1050. The standard InChI is InChI=1S/C22H20F7N3O/c1-31(15-4-2-14(23)3-5-15)19(33)8-16-17(22(27,28)29)6-13(21(24,25)26)7-18(16)32-11-20(12-32)9-30-10-20/h2-7,30H,8-12H2,1H3. The Kier molecular flexibility index (Phi) is 5.58. The van der Waals surface area contributed by atoms with Gasteiger partial charge in [-0.05, 0) is 42.0 Å². The van der Waals surface area contributed by atoms with E-state index >= 15 is 0 Å². The van der Waals surface area contributed by atoms with Gasteiger partial charge in [-0.15, -0.1) is 0 Å². The molecule has 1 N–H and O–H groups in total. The highest BCUT2D eigenvalue weighted by Crippen LogP contribution is 2.45. The molecule has 2 saturated heterocycles. The normalized spacial score (nSPS) is 17.5. The number of anilines is 2. The molecule has 1 amide bonds. The molecule has 178 valence electrons. The highest BCUT2D eigenvalue weighted by atomic mass is 19.4. The van der Waals surface area contributed by atoms with Crippen molar-refractivity contribution in [1.29, 1.82) is 0 Å². The summed E-state index contributed by atoms with van der Waals surface area (Å²) < 4.78 is 95.0. The molecule has 0 bridgehead atoms. The largest absolute Gasteiger partial charge is 0.416 e. The second kappa shape index (κ2) is 7.89. The number of amides is 1. The fourth-order valence-electron chi connectivity index (χ4n) is 4.26. The summed E-state index contributed by atoms with van der Waals surface area (Å²) in [6, 6.07) is 5.51. The van der Waals surface area contributed by atoms with Gasteiger partial charge in [-0.1, -0.05) is 0 Å². The minimum absolute atomic E-state index is 0.0600. The van der Waals surface area contributed by atoms with Crippen LogP contribution in [-0.2, 0) is 23.6 Å². The van der Waals surface area contributed by atoms with Crippen molar-refractivity contribution in [2.75, 3.05) is 43.0 Å². The second-order valence-corrected chi connectivity index (χ2v) is 8.58. The van der Waals surface area contributed by atoms with Gasteiger partial charge in [-0.25, -0.2) is 4.39 Å². The molecule has 2 aliphatic heterocycles. The van der Waals surface area contributed by atoms with E-state index in [2.05, 4.69) is 5.32 Å². The van der Waals surface area contributed by atoms with Gasteiger partial charge in [-0.2, -0.15) is 26.3 Å². The summed E-state index contributed by atoms with van der Waals surface area (Å²) in [6.45, 7) is 1.87. The number of hydrogen-bond donors (Lipinski definition) is 1. The zero-order valence-corrected chi connectivity index (χ0v) is 17.4. The van der Waals surface area contributed by atoms with E-state index in [1.165, 1.54) is 24.1 Å². The first kappa shape index (κ1) is 23.3. The summed E-state index contributed by atoms with van der Waals surface area (Å²) in [7, 11) is 1.31. The molecule has 2 aromatic rings. The van der Waals surface area contributed by atoms with Crippen LogP contribution in [0.1, 0.15) is 16.7 Å². The highest BCUT2D eigenvalue weighted by Gasteiger charge is 2.49. The number of alkyl halides is 6. The van der Waals surface area contributed by atoms with Gasteiger partial charge in [0.05, 0.1) is 17.5 Å². The van der Waals surface area contributed by atoms with E-state index in [-0.39, 0.29) is 22.9 Å². The average Bonchev–Trinajstić information content (AvgIpc) is 2.64. The van der Waals surface area contributed by atoms with Crippen molar-refractivity contribution in [3.05, 3.63) is 58.9 Å². The zero-order chi connectivity index (χ0) is 24.2. The predicted octanol–water partition coefficient (Wildman–Crippen LogP) is 4.48. The lowest BCUT2D eigenvalue weighted by Gasteiger charge is -2.57. The van der Waals surface area contributed by atoms with E-state index in [0.29, 0.717) is 32.2 Å². The molecular formula is C22H20F7N3O. The van der Waals surface area contributed by atoms with E-state index in [9.17, 15) is 35.5 Å². The van der Waals surface area contributed by atoms with Crippen LogP contribution >= 0.6 is 0 Å². The number of hydrogen-bond acceptors (Lipinski definition) is 3. The maximum atomic E-state index is 13.9. The number of halogens is 7. The lowest BCUT2D eigenvalue weighted by Crippen LogP contribution is -2.71. The smallest absolute Gasteiger partial charge is 0.370 e. The number of carbonyl (C=O) groups excluding carboxylic acids is 1. The van der Waals surface area contributed by atoms with E-state index < -0.39 is 47.2 Å². The Labute approximate surface area is 185 Å². The van der Waals surface area contributed by atoms with E-state index in [0.717, 1.165) is 17.0 Å². The van der Waals surface area contributed by atoms with Crippen LogP contribution in [0.15, 0.2) is 36.4 Å². The van der Waals surface area contributed by atoms with E-state index in [1.807, 2.05) is 0 Å². The average molecular weight is 475 g/mol. The maximum Gasteiger partial charge on any atom is 0.416 e. The molecule has 2 heterocycles. The third-order valence-corrected chi connectivity index (χ3v) is 6.17. The number of nitrogens with zero attached hydrogens (tertiary/aromatic N) is 2. The third-order valence-electron chi connectivity index (χ3n) is 6.17. The molecule has 4 rings (SSSR count). The van der Waals surface area contributed by atoms with Gasteiger partial charge < -0.3 is 15.1 Å². The summed E-state index contributed by atoms with van der Waals surface area (Å²) >= 11 is 0. The molecule has 33 heavy (non-hydrogen) atoms. The van der Waals surface area contributed by atoms with Crippen LogP contribution in [0.4, 0.5) is 42.1 Å². The summed E-state index contributed by atoms with van der Waals surface area (Å²) in [5.74, 6) is -1.32. The summed E-state index contributed by atoms with van der Waals surface area (Å²) in [4.78, 5) is 15.4. The predicted molar refractivity (Wildman–Crippen MR) is 107 cm³/mol. The van der Waals surface area contributed by atoms with E-state index in [1.54, 1.807) is 0 Å². The Balaban J connectivity index is 1.74. The minimum Gasteiger partial charge on any atom is -0.370 e. The Hall–Kier alpha value is -2.82. The van der Waals surface area contributed by atoms with E-state index in [4.69, 9.17) is 0 Å². The van der Waals surface area contributed by atoms with Crippen molar-refractivity contribution in [1.82, 2.24) is 5.32 Å². The van der Waals surface area contributed by atoms with Gasteiger partial charge in [0.25, 0.3) is 0 Å². The van der Waals surface area contributed by atoms with Gasteiger partial charge in [0.1, 0.15) is 5.82 Å². The van der Waals surface area contributed by atoms with Crippen LogP contribution in [0.3, 0.4) is 0 Å². The molecule has 0 unspecified atom stereocenters. The van der Waals surface area contributed by atoms with Gasteiger partial charge in [0.15, 0.2) is 0 Å². The molecule has 1 spiro atoms. The van der Waals surface area contributed by atoms with Crippen molar-refractivity contribution >= 4 is 17.3 Å². The zero-order valence-electron chi connectivity index (χ0n) is 17.4. The minimum atomic E-state index is -5.10. The first-order valence-electron chi connectivity index (χ1n) is 10.1. The quantitative estimate of drug-likeness (QED) is 0.663. The monoisotopic (exact) mass is 475 g/mol. The van der Waals surface area contributed by atoms with Crippen LogP contribution < -0.4 is 15.1 Å². The molecule has 4 nitrogen and oxygen atoms in total. The number of nitrogens with one attached hydrogen (secondary N) is 1. The molecule has 0 aliphatic carbocycles. The molecule has 2 aromatic carbocycles. The van der Waals surface area contributed by atoms with Gasteiger partial charge in [0, 0.05) is 50.0 Å². The van der Waals surface area contributed by atoms with Crippen molar-refractivity contribution in [3.8, 4) is 0 Å². The summed E-state index contributed by atoms with van der Waals surface area (Å²) in [5.41, 5.74) is -3.57. The van der Waals surface area contributed by atoms with Crippen LogP contribution in [0.5, 0.6) is 0 Å². The van der Waals surface area contributed by atoms with Crippen LogP contribution in [0.2, 0.25) is 0 Å². The molecule has 11 heteroatoms. The van der Waals surface area contributed by atoms with Crippen LogP contribution in [0, 0.1) is 11.2 Å². The molecule has 2 fully saturated rings. The first-order chi connectivity index (χ1) is 15.3. The second-order valence-electron chi connectivity index (χ2n) is 8.58. The number of rotatable bonds is 4. The van der Waals surface area contributed by atoms with Crippen molar-refractivity contribution in [2.45, 2.75) is 18.8 Å². The maximum absolute atomic E-state index is 13.9. The molecule has 0 radical (unpaired) electrons. The molecule has 0 aromatic heterocycles. The fourth-order valence-corrected chi connectivity index (χ4v) is 4.26. The first-order valence-corrected chi connectivity index (χ1v) is 10.1. The van der Waals surface area contributed by atoms with Gasteiger partial charge in [0.2, 0.25) is 5.91 Å². The summed E-state index contributed by atoms with van der Waals surface area (Å²) in [6.07, 6.45) is -10.8. The number of likely N-dealkylation sites (N-methyl/N-ethyl adjacent to an activating group) is 1. The van der Waals surface area contributed by atoms with Gasteiger partial charge >= 0.3 is 12.4 Å². The Morgan fingerprint density at radius 2 is 1.64 bits per heavy atom. The Morgan fingerprint density at radius 1 is 1.03 bits per heavy atom. The lowest BCUT2D eigenvalue weighted by atomic mass is 9.74. The lowest BCUT2D eigenvalue weighted by molar-refractivity contribution is -0.143. The Morgan fingerprint density at radius 3 is 2.12 bits per heavy atom. The molecule has 2 aliphatic rings. The third kappa shape index (κ3) is 4.50.